The molecule has 0 radical (unpaired) electrons. The molecule has 6 nitrogen and oxygen atoms in total. The maximum Gasteiger partial charge on any atom is 0.268 e. The monoisotopic (exact) mass is 427 g/mol. The summed E-state index contributed by atoms with van der Waals surface area (Å²) in [5, 5.41) is 16.7. The number of benzene rings is 3. The molecule has 2 amide bonds. The lowest BCUT2D eigenvalue weighted by atomic mass is 10.1. The molecule has 6 heteroatoms. The Morgan fingerprint density at radius 1 is 0.875 bits per heavy atom. The molecule has 3 aromatic rings. The van der Waals surface area contributed by atoms with E-state index in [0.29, 0.717) is 11.1 Å². The van der Waals surface area contributed by atoms with Crippen LogP contribution in [0.3, 0.4) is 0 Å². The molecule has 32 heavy (non-hydrogen) atoms. The van der Waals surface area contributed by atoms with Crippen LogP contribution in [0.1, 0.15) is 27.0 Å². The van der Waals surface area contributed by atoms with E-state index in [0.717, 1.165) is 11.1 Å². The normalized spacial score (nSPS) is 12.0. The van der Waals surface area contributed by atoms with Crippen molar-refractivity contribution in [3.63, 3.8) is 0 Å². The van der Waals surface area contributed by atoms with Crippen LogP contribution in [0.4, 0.5) is 0 Å². The highest BCUT2D eigenvalue weighted by atomic mass is 16.4. The first-order chi connectivity index (χ1) is 15.4. The third kappa shape index (κ3) is 6.40. The number of carbonyl (C=O) groups is 3. The predicted octanol–water partition coefficient (Wildman–Crippen LogP) is 2.24. The summed E-state index contributed by atoms with van der Waals surface area (Å²) in [7, 11) is 0. The molecule has 3 aromatic carbocycles. The van der Waals surface area contributed by atoms with Crippen molar-refractivity contribution in [1.82, 2.24) is 10.6 Å². The Morgan fingerprint density at radius 2 is 1.47 bits per heavy atom. The summed E-state index contributed by atoms with van der Waals surface area (Å²) < 4.78 is 0. The summed E-state index contributed by atoms with van der Waals surface area (Å²) >= 11 is 0. The van der Waals surface area contributed by atoms with Crippen LogP contribution >= 0.6 is 0 Å². The molecular formula is C26H23N2O4-. The van der Waals surface area contributed by atoms with Gasteiger partial charge in [0.15, 0.2) is 0 Å². The number of carbonyl (C=O) groups excluding carboxylic acids is 3. The Kier molecular flexibility index (Phi) is 7.54. The van der Waals surface area contributed by atoms with Crippen LogP contribution in [0, 0.1) is 6.92 Å². The lowest BCUT2D eigenvalue weighted by molar-refractivity contribution is -0.308. The second-order valence-corrected chi connectivity index (χ2v) is 7.32. The zero-order valence-electron chi connectivity index (χ0n) is 17.6. The average molecular weight is 427 g/mol. The largest absolute Gasteiger partial charge is 0.548 e. The van der Waals surface area contributed by atoms with Crippen LogP contribution < -0.4 is 15.7 Å². The van der Waals surface area contributed by atoms with Gasteiger partial charge < -0.3 is 20.5 Å². The molecule has 0 saturated carbocycles. The number of hydrogen-bond donors (Lipinski definition) is 2. The first kappa shape index (κ1) is 22.5. The van der Waals surface area contributed by atoms with Crippen LogP contribution in [-0.4, -0.2) is 23.8 Å². The molecular weight excluding hydrogens is 404 g/mol. The lowest BCUT2D eigenvalue weighted by Gasteiger charge is -2.21. The maximum absolute atomic E-state index is 13.0. The van der Waals surface area contributed by atoms with Gasteiger partial charge in [-0.3, -0.25) is 9.59 Å². The molecule has 0 spiro atoms. The molecule has 0 fully saturated rings. The zero-order chi connectivity index (χ0) is 22.9. The van der Waals surface area contributed by atoms with E-state index in [1.807, 2.05) is 25.1 Å². The standard InChI is InChI=1S/C26H24N2O4/c1-18-12-14-20(15-13-18)16-22(27-24(29)21-10-6-3-7-11-21)25(30)28-23(26(31)32)17-19-8-4-2-5-9-19/h2-16,23H,17H2,1H3,(H,27,29)(H,28,30)(H,31,32)/p-1/b22-16-/t23-/m0/s1. The lowest BCUT2D eigenvalue weighted by Crippen LogP contribution is -2.50. The molecule has 0 unspecified atom stereocenters. The van der Waals surface area contributed by atoms with Crippen molar-refractivity contribution >= 4 is 23.9 Å². The first-order valence-electron chi connectivity index (χ1n) is 10.1. The molecule has 0 aliphatic heterocycles. The molecule has 2 N–H and O–H groups in total. The second-order valence-electron chi connectivity index (χ2n) is 7.32. The van der Waals surface area contributed by atoms with Crippen molar-refractivity contribution in [3.05, 3.63) is 113 Å². The smallest absolute Gasteiger partial charge is 0.268 e. The molecule has 0 bridgehead atoms. The van der Waals surface area contributed by atoms with Gasteiger partial charge in [-0.15, -0.1) is 0 Å². The minimum absolute atomic E-state index is 0.0549. The van der Waals surface area contributed by atoms with E-state index >= 15 is 0 Å². The van der Waals surface area contributed by atoms with Crippen LogP contribution in [0.2, 0.25) is 0 Å². The zero-order valence-corrected chi connectivity index (χ0v) is 17.6. The van der Waals surface area contributed by atoms with E-state index in [1.165, 1.54) is 6.08 Å². The number of carboxylic acids is 1. The number of aryl methyl sites for hydroxylation is 1. The van der Waals surface area contributed by atoms with Crippen LogP contribution in [-0.2, 0) is 16.0 Å². The number of amides is 2. The first-order valence-corrected chi connectivity index (χ1v) is 10.1. The topological polar surface area (TPSA) is 98.3 Å². The van der Waals surface area contributed by atoms with Gasteiger partial charge in [0.1, 0.15) is 5.70 Å². The molecule has 1 atom stereocenters. The van der Waals surface area contributed by atoms with Gasteiger partial charge in [0.2, 0.25) is 0 Å². The number of nitrogens with one attached hydrogen (secondary N) is 2. The van der Waals surface area contributed by atoms with Crippen LogP contribution in [0.5, 0.6) is 0 Å². The second kappa shape index (κ2) is 10.7. The molecule has 0 aliphatic carbocycles. The van der Waals surface area contributed by atoms with Gasteiger partial charge in [-0.05, 0) is 42.7 Å². The van der Waals surface area contributed by atoms with E-state index in [4.69, 9.17) is 0 Å². The Bertz CT molecular complexity index is 1110. The van der Waals surface area contributed by atoms with E-state index in [-0.39, 0.29) is 12.1 Å². The summed E-state index contributed by atoms with van der Waals surface area (Å²) in [6.07, 6.45) is 1.56. The fourth-order valence-electron chi connectivity index (χ4n) is 3.05. The van der Waals surface area contributed by atoms with Crippen LogP contribution in [0.25, 0.3) is 6.08 Å². The SMILES string of the molecule is Cc1ccc(/C=C(\NC(=O)c2ccccc2)C(=O)N[C@@H](Cc2ccccc2)C(=O)[O-])cc1. The maximum atomic E-state index is 13.0. The van der Waals surface area contributed by atoms with Gasteiger partial charge in [0.25, 0.3) is 11.8 Å². The molecule has 0 heterocycles. The van der Waals surface area contributed by atoms with Gasteiger partial charge in [0, 0.05) is 5.56 Å². The number of aliphatic carboxylic acids is 1. The molecule has 0 saturated heterocycles. The molecule has 0 aliphatic rings. The predicted molar refractivity (Wildman–Crippen MR) is 120 cm³/mol. The Hall–Kier alpha value is -4.19. The van der Waals surface area contributed by atoms with E-state index in [2.05, 4.69) is 10.6 Å². The van der Waals surface area contributed by atoms with Gasteiger partial charge in [-0.25, -0.2) is 0 Å². The van der Waals surface area contributed by atoms with Crippen molar-refractivity contribution in [2.24, 2.45) is 0 Å². The van der Waals surface area contributed by atoms with E-state index in [1.54, 1.807) is 66.7 Å². The Labute approximate surface area is 186 Å². The Balaban J connectivity index is 1.85. The van der Waals surface area contributed by atoms with Crippen molar-refractivity contribution in [2.45, 2.75) is 19.4 Å². The van der Waals surface area contributed by atoms with Crippen molar-refractivity contribution in [1.29, 1.82) is 0 Å². The molecule has 162 valence electrons. The summed E-state index contributed by atoms with van der Waals surface area (Å²) in [4.78, 5) is 37.3. The molecule has 0 aromatic heterocycles. The summed E-state index contributed by atoms with van der Waals surface area (Å²) in [6.45, 7) is 1.94. The third-order valence-electron chi connectivity index (χ3n) is 4.79. The quantitative estimate of drug-likeness (QED) is 0.539. The highest BCUT2D eigenvalue weighted by Crippen LogP contribution is 2.10. The average Bonchev–Trinajstić information content (AvgIpc) is 2.80. The highest BCUT2D eigenvalue weighted by Gasteiger charge is 2.19. The minimum atomic E-state index is -1.41. The van der Waals surface area contributed by atoms with E-state index in [9.17, 15) is 19.5 Å². The van der Waals surface area contributed by atoms with Crippen molar-refractivity contribution in [2.75, 3.05) is 0 Å². The van der Waals surface area contributed by atoms with Crippen molar-refractivity contribution in [3.8, 4) is 0 Å². The third-order valence-corrected chi connectivity index (χ3v) is 4.79. The minimum Gasteiger partial charge on any atom is -0.548 e. The fraction of sp³-hybridized carbons (Fsp3) is 0.115. The number of hydrogen-bond acceptors (Lipinski definition) is 4. The van der Waals surface area contributed by atoms with Gasteiger partial charge in [-0.1, -0.05) is 78.4 Å². The van der Waals surface area contributed by atoms with Crippen molar-refractivity contribution < 1.29 is 19.5 Å². The van der Waals surface area contributed by atoms with Gasteiger partial charge >= 0.3 is 0 Å². The van der Waals surface area contributed by atoms with Gasteiger partial charge in [0.05, 0.1) is 12.0 Å². The summed E-state index contributed by atoms with van der Waals surface area (Å²) in [5.41, 5.74) is 2.76. The summed E-state index contributed by atoms with van der Waals surface area (Å²) in [5.74, 6) is -2.61. The van der Waals surface area contributed by atoms with Gasteiger partial charge in [-0.2, -0.15) is 0 Å². The number of rotatable bonds is 8. The highest BCUT2D eigenvalue weighted by molar-refractivity contribution is 6.06. The summed E-state index contributed by atoms with van der Waals surface area (Å²) in [6, 6.07) is 23.5. The van der Waals surface area contributed by atoms with Crippen LogP contribution in [0.15, 0.2) is 90.6 Å². The van der Waals surface area contributed by atoms with E-state index < -0.39 is 23.8 Å². The fourth-order valence-corrected chi connectivity index (χ4v) is 3.05. The Morgan fingerprint density at radius 3 is 2.06 bits per heavy atom. The number of carboxylic acid groups (broad SMARTS) is 1. The molecule has 3 rings (SSSR count).